The molecule has 4 nitrogen and oxygen atoms in total. The molecular weight excluding hydrogens is 457 g/mol. The lowest BCUT2D eigenvalue weighted by Crippen LogP contribution is -2.19. The third-order valence-corrected chi connectivity index (χ3v) is 5.55. The molecule has 0 aliphatic carbocycles. The lowest BCUT2D eigenvalue weighted by Gasteiger charge is -2.12. The average Bonchev–Trinajstić information content (AvgIpc) is 2.68. The van der Waals surface area contributed by atoms with Crippen LogP contribution in [-0.2, 0) is 4.79 Å². The number of thioether (sulfide) groups is 1. The summed E-state index contributed by atoms with van der Waals surface area (Å²) in [5.41, 5.74) is 3.51. The second-order valence-electron chi connectivity index (χ2n) is 6.47. The number of hydrogen-bond donors (Lipinski definition) is 3. The van der Waals surface area contributed by atoms with Gasteiger partial charge >= 0.3 is 0 Å². The van der Waals surface area contributed by atoms with Gasteiger partial charge in [0.15, 0.2) is 5.11 Å². The van der Waals surface area contributed by atoms with Crippen molar-refractivity contribution in [2.75, 3.05) is 21.7 Å². The number of thiocarbonyl (C=S) groups is 1. The predicted octanol–water partition coefficient (Wildman–Crippen LogP) is 6.84. The molecule has 0 spiro atoms. The number of anilines is 3. The van der Waals surface area contributed by atoms with Crippen LogP contribution in [0.4, 0.5) is 17.1 Å². The number of carbonyl (C=O) groups is 1. The van der Waals surface area contributed by atoms with Gasteiger partial charge in [-0.15, -0.1) is 11.8 Å². The monoisotopic (exact) mass is 475 g/mol. The number of amides is 1. The number of nitrogens with one attached hydrogen (secondary N) is 3. The largest absolute Gasteiger partial charge is 0.332 e. The molecule has 3 rings (SSSR count). The molecule has 0 saturated carbocycles. The first-order valence-electron chi connectivity index (χ1n) is 9.01. The molecule has 0 radical (unpaired) electrons. The van der Waals surface area contributed by atoms with E-state index in [-0.39, 0.29) is 11.7 Å². The number of benzene rings is 3. The van der Waals surface area contributed by atoms with Crippen molar-refractivity contribution in [1.82, 2.24) is 0 Å². The fraction of sp³-hybridized carbons (Fsp3) is 0.0909. The highest BCUT2D eigenvalue weighted by Crippen LogP contribution is 2.24. The van der Waals surface area contributed by atoms with Gasteiger partial charge in [-0.2, -0.15) is 0 Å². The Balaban J connectivity index is 1.52. The molecule has 0 bridgehead atoms. The third-order valence-electron chi connectivity index (χ3n) is 3.92. The standard InChI is InChI=1S/C22H19Cl2N3OS2/c1-14-5-7-17(8-6-14)26-22(29)27-18-3-2-4-20(12-18)30-13-21(28)25-19-10-15(23)9-16(24)11-19/h2-12H,13H2,1H3,(H,25,28)(H2,26,27,29). The molecule has 0 saturated heterocycles. The Bertz CT molecular complexity index is 1040. The first kappa shape index (κ1) is 22.4. The van der Waals surface area contributed by atoms with Crippen LogP contribution in [0, 0.1) is 6.92 Å². The van der Waals surface area contributed by atoms with Gasteiger partial charge in [-0.3, -0.25) is 4.79 Å². The predicted molar refractivity (Wildman–Crippen MR) is 133 cm³/mol. The van der Waals surface area contributed by atoms with E-state index in [0.29, 0.717) is 20.8 Å². The van der Waals surface area contributed by atoms with Crippen molar-refractivity contribution in [3.8, 4) is 0 Å². The van der Waals surface area contributed by atoms with Crippen molar-refractivity contribution < 1.29 is 4.79 Å². The summed E-state index contributed by atoms with van der Waals surface area (Å²) in [6.07, 6.45) is 0. The summed E-state index contributed by atoms with van der Waals surface area (Å²) in [7, 11) is 0. The quantitative estimate of drug-likeness (QED) is 0.269. The fourth-order valence-corrected chi connectivity index (χ4v) is 4.08. The van der Waals surface area contributed by atoms with E-state index in [1.807, 2.05) is 55.5 Å². The van der Waals surface area contributed by atoms with E-state index >= 15 is 0 Å². The van der Waals surface area contributed by atoms with Crippen LogP contribution < -0.4 is 16.0 Å². The lowest BCUT2D eigenvalue weighted by molar-refractivity contribution is -0.113. The molecule has 3 aromatic carbocycles. The maximum absolute atomic E-state index is 12.2. The summed E-state index contributed by atoms with van der Waals surface area (Å²) in [6.45, 7) is 2.04. The molecule has 0 aromatic heterocycles. The number of halogens is 2. The third kappa shape index (κ3) is 7.22. The van der Waals surface area contributed by atoms with Crippen molar-refractivity contribution in [2.24, 2.45) is 0 Å². The Hall–Kier alpha value is -2.25. The van der Waals surface area contributed by atoms with Crippen LogP contribution in [0.2, 0.25) is 10.0 Å². The molecular formula is C22H19Cl2N3OS2. The zero-order valence-corrected chi connectivity index (χ0v) is 19.2. The Kier molecular flexibility index (Phi) is 7.99. The number of carbonyl (C=O) groups excluding carboxylic acids is 1. The zero-order valence-electron chi connectivity index (χ0n) is 16.0. The SMILES string of the molecule is Cc1ccc(NC(=S)Nc2cccc(SCC(=O)Nc3cc(Cl)cc(Cl)c3)c2)cc1. The molecule has 1 amide bonds. The molecule has 30 heavy (non-hydrogen) atoms. The second kappa shape index (κ2) is 10.7. The maximum Gasteiger partial charge on any atom is 0.234 e. The highest BCUT2D eigenvalue weighted by atomic mass is 35.5. The zero-order chi connectivity index (χ0) is 21.5. The smallest absolute Gasteiger partial charge is 0.234 e. The van der Waals surface area contributed by atoms with Gasteiger partial charge in [0.1, 0.15) is 0 Å². The Morgan fingerprint density at radius 3 is 2.23 bits per heavy atom. The summed E-state index contributed by atoms with van der Waals surface area (Å²) in [5, 5.41) is 10.6. The molecule has 0 heterocycles. The van der Waals surface area contributed by atoms with Crippen LogP contribution in [-0.4, -0.2) is 16.8 Å². The molecule has 154 valence electrons. The van der Waals surface area contributed by atoms with Crippen molar-refractivity contribution >= 4 is 75.3 Å². The molecule has 0 fully saturated rings. The van der Waals surface area contributed by atoms with E-state index in [1.165, 1.54) is 17.3 Å². The summed E-state index contributed by atoms with van der Waals surface area (Å²) in [4.78, 5) is 13.2. The number of aryl methyl sites for hydroxylation is 1. The van der Waals surface area contributed by atoms with E-state index in [0.717, 1.165) is 16.3 Å². The van der Waals surface area contributed by atoms with Gasteiger partial charge in [0.05, 0.1) is 5.75 Å². The van der Waals surface area contributed by atoms with Crippen LogP contribution in [0.1, 0.15) is 5.56 Å². The van der Waals surface area contributed by atoms with Crippen LogP contribution in [0.25, 0.3) is 0 Å². The minimum absolute atomic E-state index is 0.145. The van der Waals surface area contributed by atoms with Crippen LogP contribution in [0.15, 0.2) is 71.6 Å². The second-order valence-corrected chi connectivity index (χ2v) is 8.80. The first-order valence-corrected chi connectivity index (χ1v) is 11.2. The van der Waals surface area contributed by atoms with Crippen LogP contribution in [0.5, 0.6) is 0 Å². The van der Waals surface area contributed by atoms with Crippen molar-refractivity contribution in [3.05, 3.63) is 82.3 Å². The van der Waals surface area contributed by atoms with Gasteiger partial charge in [-0.25, -0.2) is 0 Å². The van der Waals surface area contributed by atoms with Crippen molar-refractivity contribution in [1.29, 1.82) is 0 Å². The number of rotatable bonds is 6. The van der Waals surface area contributed by atoms with E-state index in [1.54, 1.807) is 18.2 Å². The maximum atomic E-state index is 12.2. The van der Waals surface area contributed by atoms with Gasteiger partial charge in [-0.1, -0.05) is 47.0 Å². The number of hydrogen-bond acceptors (Lipinski definition) is 3. The Morgan fingerprint density at radius 1 is 0.867 bits per heavy atom. The summed E-state index contributed by atoms with van der Waals surface area (Å²) >= 11 is 18.7. The van der Waals surface area contributed by atoms with Gasteiger partial charge in [0, 0.05) is 32.0 Å². The van der Waals surface area contributed by atoms with Gasteiger partial charge < -0.3 is 16.0 Å². The van der Waals surface area contributed by atoms with Crippen LogP contribution >= 0.6 is 47.2 Å². The van der Waals surface area contributed by atoms with E-state index in [9.17, 15) is 4.79 Å². The molecule has 0 atom stereocenters. The highest BCUT2D eigenvalue weighted by Gasteiger charge is 2.07. The van der Waals surface area contributed by atoms with E-state index < -0.39 is 0 Å². The van der Waals surface area contributed by atoms with Gasteiger partial charge in [-0.05, 0) is 67.7 Å². The van der Waals surface area contributed by atoms with E-state index in [2.05, 4.69) is 16.0 Å². The average molecular weight is 476 g/mol. The van der Waals surface area contributed by atoms with Crippen molar-refractivity contribution in [2.45, 2.75) is 11.8 Å². The minimum Gasteiger partial charge on any atom is -0.332 e. The summed E-state index contributed by atoms with van der Waals surface area (Å²) < 4.78 is 0. The van der Waals surface area contributed by atoms with E-state index in [4.69, 9.17) is 35.4 Å². The molecule has 3 aromatic rings. The summed E-state index contributed by atoms with van der Waals surface area (Å²) in [6, 6.07) is 20.6. The van der Waals surface area contributed by atoms with Gasteiger partial charge in [0.2, 0.25) is 5.91 Å². The molecule has 0 unspecified atom stereocenters. The molecule has 0 aliphatic heterocycles. The normalized spacial score (nSPS) is 10.4. The van der Waals surface area contributed by atoms with Crippen LogP contribution in [0.3, 0.4) is 0 Å². The molecule has 8 heteroatoms. The Morgan fingerprint density at radius 2 is 1.53 bits per heavy atom. The fourth-order valence-electron chi connectivity index (χ4n) is 2.57. The first-order chi connectivity index (χ1) is 14.4. The molecule has 3 N–H and O–H groups in total. The minimum atomic E-state index is -0.145. The molecule has 0 aliphatic rings. The highest BCUT2D eigenvalue weighted by molar-refractivity contribution is 8.00. The van der Waals surface area contributed by atoms with Gasteiger partial charge in [0.25, 0.3) is 0 Å². The lowest BCUT2D eigenvalue weighted by atomic mass is 10.2. The van der Waals surface area contributed by atoms with Crippen molar-refractivity contribution in [3.63, 3.8) is 0 Å². The summed E-state index contributed by atoms with van der Waals surface area (Å²) in [5.74, 6) is 0.105. The topological polar surface area (TPSA) is 53.2 Å². The Labute approximate surface area is 195 Å².